The molecule has 0 N–H and O–H groups in total. The number of rotatable bonds is 0. The predicted octanol–water partition coefficient (Wildman–Crippen LogP) is 3.43. The van der Waals surface area contributed by atoms with Crippen molar-refractivity contribution >= 4 is 10.1 Å². The Balaban J connectivity index is 0.000000774. The summed E-state index contributed by atoms with van der Waals surface area (Å²) in [6, 6.07) is 0.759. The summed E-state index contributed by atoms with van der Waals surface area (Å²) in [6.07, 6.45) is 0. The Morgan fingerprint density at radius 1 is 0.905 bits per heavy atom. The average molecular weight is 364 g/mol. The molecule has 0 bridgehead atoms. The maximum atomic E-state index is 5.90. The van der Waals surface area contributed by atoms with E-state index in [2.05, 4.69) is 83.2 Å². The second kappa shape index (κ2) is 5.75. The molecule has 125 valence electrons. The Morgan fingerprint density at radius 2 is 1.24 bits per heavy atom. The number of nitrogens with zero attached hydrogens (tertiary/aromatic N) is 2. The summed E-state index contributed by atoms with van der Waals surface area (Å²) in [5.74, 6) is 1.82. The standard InChI is InChI=1S/C15H25N2O2.ClH.Cu/c1-14(2,3)10-7-18-12-13-17(9-16(10)12)11(8-19-13)15(4,5)6;;/h9-11H,7-8H2,1-6H3;1H;/q-1;;+2/p-1/t10-,11-;;/m1../s1. The summed E-state index contributed by atoms with van der Waals surface area (Å²) in [6.45, 7) is 17.2. The van der Waals surface area contributed by atoms with Crippen LogP contribution in [0.1, 0.15) is 41.5 Å². The third-order valence-corrected chi connectivity index (χ3v) is 4.33. The molecule has 0 amide bonds. The van der Waals surface area contributed by atoms with Crippen LogP contribution in [0.25, 0.3) is 0 Å². The topological polar surface area (TPSA) is 24.9 Å². The molecule has 3 aliphatic rings. The molecule has 0 aliphatic carbocycles. The summed E-state index contributed by atoms with van der Waals surface area (Å²) >= 11 is 3.66. The molecule has 6 heteroatoms. The zero-order valence-corrected chi connectivity index (χ0v) is 15.2. The Labute approximate surface area is 140 Å². The van der Waals surface area contributed by atoms with Crippen molar-refractivity contribution in [2.24, 2.45) is 10.8 Å². The van der Waals surface area contributed by atoms with E-state index < -0.39 is 0 Å². The van der Waals surface area contributed by atoms with Gasteiger partial charge >= 0.3 is 25.2 Å². The number of hydrogen-bond donors (Lipinski definition) is 0. The van der Waals surface area contributed by atoms with Gasteiger partial charge in [-0.3, -0.25) is 0 Å². The van der Waals surface area contributed by atoms with Crippen LogP contribution < -0.4 is 0 Å². The van der Waals surface area contributed by atoms with Crippen LogP contribution in [-0.2, 0) is 24.6 Å². The van der Waals surface area contributed by atoms with Crippen molar-refractivity contribution in [1.82, 2.24) is 9.80 Å². The van der Waals surface area contributed by atoms with Gasteiger partial charge in [0, 0.05) is 12.1 Å². The fourth-order valence-corrected chi connectivity index (χ4v) is 2.99. The fraction of sp³-hybridized carbons (Fsp3) is 0.800. The minimum absolute atomic E-state index is 0.190. The molecule has 4 nitrogen and oxygen atoms in total. The summed E-state index contributed by atoms with van der Waals surface area (Å²) < 4.78 is 11.8. The van der Waals surface area contributed by atoms with Crippen molar-refractivity contribution in [2.75, 3.05) is 13.2 Å². The van der Waals surface area contributed by atoms with Gasteiger partial charge in [0.15, 0.2) is 0 Å². The molecule has 21 heavy (non-hydrogen) atoms. The van der Waals surface area contributed by atoms with Crippen LogP contribution in [0.15, 0.2) is 11.8 Å². The van der Waals surface area contributed by atoms with Crippen LogP contribution in [0.4, 0.5) is 0 Å². The summed E-state index contributed by atoms with van der Waals surface area (Å²) in [5.41, 5.74) is 0.381. The molecule has 3 heterocycles. The Morgan fingerprint density at radius 3 is 1.52 bits per heavy atom. The number of hydrogen-bond acceptors (Lipinski definition) is 4. The van der Waals surface area contributed by atoms with E-state index in [-0.39, 0.29) is 10.8 Å². The molecular weight excluding hydrogens is 339 g/mol. The van der Waals surface area contributed by atoms with Crippen LogP contribution in [-0.4, -0.2) is 35.1 Å². The molecule has 3 rings (SSSR count). The van der Waals surface area contributed by atoms with Gasteiger partial charge in [0.1, 0.15) is 13.2 Å². The van der Waals surface area contributed by atoms with Crippen LogP contribution in [0, 0.1) is 17.5 Å². The fourth-order valence-electron chi connectivity index (χ4n) is 2.99. The van der Waals surface area contributed by atoms with E-state index in [1.807, 2.05) is 0 Å². The molecular formula is C15H25ClCuN2O2. The van der Waals surface area contributed by atoms with Gasteiger partial charge in [0.05, 0.1) is 0 Å². The van der Waals surface area contributed by atoms with E-state index in [1.54, 1.807) is 0 Å². The first kappa shape index (κ1) is 17.1. The molecule has 0 aromatic rings. The zero-order chi connectivity index (χ0) is 16.0. The number of fused-ring (bicyclic) bond motifs is 2. The predicted molar refractivity (Wildman–Crippen MR) is 79.2 cm³/mol. The van der Waals surface area contributed by atoms with E-state index in [0.29, 0.717) is 12.1 Å². The first-order chi connectivity index (χ1) is 9.69. The molecule has 3 aliphatic heterocycles. The van der Waals surface area contributed by atoms with Gasteiger partial charge in [0.25, 0.3) is 0 Å². The quantitative estimate of drug-likeness (QED) is 0.486. The van der Waals surface area contributed by atoms with Crippen molar-refractivity contribution in [2.45, 2.75) is 53.6 Å². The van der Waals surface area contributed by atoms with Gasteiger partial charge < -0.3 is 19.3 Å². The molecule has 2 atom stereocenters. The molecule has 0 aromatic heterocycles. The van der Waals surface area contributed by atoms with Gasteiger partial charge in [-0.25, -0.2) is 0 Å². The van der Waals surface area contributed by atoms with Crippen molar-refractivity contribution in [3.63, 3.8) is 0 Å². The van der Waals surface area contributed by atoms with E-state index in [4.69, 9.17) is 9.47 Å². The maximum absolute atomic E-state index is 5.90. The number of halogens is 1. The minimum atomic E-state index is 0.190. The summed E-state index contributed by atoms with van der Waals surface area (Å²) in [4.78, 5) is 4.51. The van der Waals surface area contributed by atoms with Crippen molar-refractivity contribution in [3.05, 3.63) is 18.4 Å². The van der Waals surface area contributed by atoms with E-state index in [9.17, 15) is 0 Å². The van der Waals surface area contributed by atoms with Crippen LogP contribution in [0.5, 0.6) is 0 Å². The Bertz CT molecular complexity index is 390. The van der Waals surface area contributed by atoms with Crippen LogP contribution in [0.3, 0.4) is 0 Å². The van der Waals surface area contributed by atoms with E-state index in [0.717, 1.165) is 25.0 Å². The molecule has 0 unspecified atom stereocenters. The van der Waals surface area contributed by atoms with Crippen LogP contribution in [0.2, 0.25) is 0 Å². The SMILES string of the molecule is CC(C)(C)[C@H]1COC2=C3OC[C@H](C(C)(C)C)N3[CH-]N21.[Cl][Cu+]. The third kappa shape index (κ3) is 2.97. The molecule has 0 radical (unpaired) electrons. The second-order valence-corrected chi connectivity index (χ2v) is 7.93. The molecule has 2 saturated heterocycles. The second-order valence-electron chi connectivity index (χ2n) is 7.93. The molecule has 2 fully saturated rings. The van der Waals surface area contributed by atoms with Crippen molar-refractivity contribution in [1.29, 1.82) is 0 Å². The summed E-state index contributed by atoms with van der Waals surface area (Å²) in [5, 5.41) is 0. The Kier molecular flexibility index (Phi) is 4.68. The first-order valence-electron chi connectivity index (χ1n) is 7.22. The van der Waals surface area contributed by atoms with Crippen LogP contribution >= 0.6 is 10.1 Å². The average Bonchev–Trinajstić information content (AvgIpc) is 2.97. The van der Waals surface area contributed by atoms with Gasteiger partial charge in [-0.2, -0.15) is 0 Å². The third-order valence-electron chi connectivity index (χ3n) is 4.33. The molecule has 0 saturated carbocycles. The number of ether oxygens (including phenoxy) is 2. The zero-order valence-electron chi connectivity index (χ0n) is 13.5. The van der Waals surface area contributed by atoms with Crippen molar-refractivity contribution < 1.29 is 24.6 Å². The molecule has 0 aromatic carbocycles. The van der Waals surface area contributed by atoms with E-state index in [1.165, 1.54) is 0 Å². The van der Waals surface area contributed by atoms with Gasteiger partial charge in [0.2, 0.25) is 11.8 Å². The van der Waals surface area contributed by atoms with Gasteiger partial charge in [-0.1, -0.05) is 41.5 Å². The summed E-state index contributed by atoms with van der Waals surface area (Å²) in [7, 11) is 4.20. The Hall–Kier alpha value is -0.251. The van der Waals surface area contributed by atoms with E-state index >= 15 is 0 Å². The van der Waals surface area contributed by atoms with Gasteiger partial charge in [-0.15, -0.1) is 6.67 Å². The molecule has 0 spiro atoms. The monoisotopic (exact) mass is 363 g/mol. The normalized spacial score (nSPS) is 27.9. The first-order valence-corrected chi connectivity index (χ1v) is 8.52. The van der Waals surface area contributed by atoms with Crippen molar-refractivity contribution in [3.8, 4) is 0 Å². The van der Waals surface area contributed by atoms with Gasteiger partial charge in [-0.05, 0) is 10.8 Å².